The van der Waals surface area contributed by atoms with Gasteiger partial charge in [0.2, 0.25) is 0 Å². The summed E-state index contributed by atoms with van der Waals surface area (Å²) in [5.74, 6) is 0. The van der Waals surface area contributed by atoms with Crippen LogP contribution in [0.2, 0.25) is 0 Å². The van der Waals surface area contributed by atoms with Crippen LogP contribution in [0.15, 0.2) is 0 Å². The van der Waals surface area contributed by atoms with E-state index in [0.717, 1.165) is 0 Å². The molecular weight excluding hydrogens is 195 g/mol. The van der Waals surface area contributed by atoms with Crippen molar-refractivity contribution in [1.29, 1.82) is 0 Å². The molecule has 0 spiro atoms. The first-order chi connectivity index (χ1) is 2.00. The average molecular weight is 199 g/mol. The molecule has 2 N–H and O–H groups in total. The molecule has 0 rings (SSSR count). The molecule has 0 amide bonds. The van der Waals surface area contributed by atoms with Crippen LogP contribution in [0, 0.1) is 0 Å². The molecule has 0 fully saturated rings. The maximum Gasteiger partial charge on any atom is 0 e. The van der Waals surface area contributed by atoms with Crippen LogP contribution in [0.25, 0.3) is 0 Å². The third kappa shape index (κ3) is 71.7. The fourth-order valence-corrected chi connectivity index (χ4v) is 0. The quantitative estimate of drug-likeness (QED) is 0.378. The zero-order chi connectivity index (χ0) is 4.50. The molecule has 8 heteroatoms. The van der Waals surface area contributed by atoms with Gasteiger partial charge in [0, 0.05) is 18.6 Å². The van der Waals surface area contributed by atoms with Crippen LogP contribution in [0.3, 0.4) is 0 Å². The van der Waals surface area contributed by atoms with Crippen molar-refractivity contribution in [2.75, 3.05) is 0 Å². The third-order valence-corrected chi connectivity index (χ3v) is 0. The van der Waals surface area contributed by atoms with E-state index in [-0.39, 0.29) is 77.7 Å². The van der Waals surface area contributed by atoms with Crippen molar-refractivity contribution >= 4 is 67.0 Å². The Morgan fingerprint density at radius 1 is 1.25 bits per heavy atom. The molecule has 8 heavy (non-hydrogen) atoms. The van der Waals surface area contributed by atoms with Crippen LogP contribution >= 0.6 is 7.91 Å². The van der Waals surface area contributed by atoms with Gasteiger partial charge in [-0.1, -0.05) is 0 Å². The van der Waals surface area contributed by atoms with Gasteiger partial charge in [-0.3, -0.25) is 9.79 Å². The van der Waals surface area contributed by atoms with Crippen molar-refractivity contribution < 1.29 is 37.1 Å². The van der Waals surface area contributed by atoms with Gasteiger partial charge in [0.15, 0.2) is 0 Å². The molecule has 0 unspecified atom stereocenters. The fraction of sp³-hybridized carbons (Fsp3) is 0. The monoisotopic (exact) mass is 199 g/mol. The van der Waals surface area contributed by atoms with Crippen LogP contribution in [0.4, 0.5) is 4.20 Å². The summed E-state index contributed by atoms with van der Waals surface area (Å²) in [4.78, 5) is 13.9. The first-order valence-electron chi connectivity index (χ1n) is 0.752. The predicted octanol–water partition coefficient (Wildman–Crippen LogP) is -1.25. The summed E-state index contributed by atoms with van der Waals surface area (Å²) in [7, 11) is -5.14. The van der Waals surface area contributed by atoms with Gasteiger partial charge in [-0.25, -0.2) is 4.57 Å². The molecule has 0 aliphatic rings. The van der Waals surface area contributed by atoms with Crippen molar-refractivity contribution in [3.8, 4) is 0 Å². The maximum absolute atomic E-state index is 10.4. The summed E-state index contributed by atoms with van der Waals surface area (Å²) in [6.45, 7) is 0. The maximum atomic E-state index is 10.4. The third-order valence-electron chi connectivity index (χ3n) is 0. The number of halogens is 1. The second-order valence-electron chi connectivity index (χ2n) is 0.473. The van der Waals surface area contributed by atoms with Crippen molar-refractivity contribution in [2.24, 2.45) is 0 Å². The van der Waals surface area contributed by atoms with Crippen LogP contribution in [0.1, 0.15) is 0 Å². The molecule has 0 aliphatic carbocycles. The molecule has 0 heterocycles. The molecule has 0 atom stereocenters. The molecule has 0 saturated carbocycles. The van der Waals surface area contributed by atoms with E-state index in [2.05, 4.69) is 0 Å². The van der Waals surface area contributed by atoms with E-state index < -0.39 is 7.91 Å². The first kappa shape index (κ1) is 22.4. The smallest absolute Gasteiger partial charge is 0 e. The van der Waals surface area contributed by atoms with Crippen molar-refractivity contribution in [3.63, 3.8) is 0 Å². The standard InChI is InChI=1S/FH2O3P.2Na.V.2H/c1-5(2,3)4;;;;;/h(H2,2,3,4);;;;;. The molecule has 0 aromatic carbocycles. The minimum absolute atomic E-state index is 0. The number of hydrogen-bond acceptors (Lipinski definition) is 1. The minimum atomic E-state index is -5.14. The first-order valence-corrected chi connectivity index (χ1v) is 2.25. The zero-order valence-electron chi connectivity index (χ0n) is 2.58. The Morgan fingerprint density at radius 2 is 1.25 bits per heavy atom. The molecule has 0 aromatic heterocycles. The second kappa shape index (κ2) is 9.66. The van der Waals surface area contributed by atoms with Crippen LogP contribution in [-0.4, -0.2) is 68.9 Å². The normalized spacial score (nSPS) is 7.38. The van der Waals surface area contributed by atoms with Gasteiger partial charge in [-0.2, -0.15) is 0 Å². The Morgan fingerprint density at radius 3 is 1.25 bits per heavy atom. The number of hydrogen-bond donors (Lipinski definition) is 2. The Labute approximate surface area is 103 Å². The fourth-order valence-electron chi connectivity index (χ4n) is 0. The zero-order valence-corrected chi connectivity index (χ0v) is 4.87. The molecule has 0 bridgehead atoms. The summed E-state index contributed by atoms with van der Waals surface area (Å²) < 4.78 is 19.0. The Bertz CT molecular complexity index is 63.4. The Kier molecular flexibility index (Phi) is 27.1. The summed E-state index contributed by atoms with van der Waals surface area (Å²) in [6.07, 6.45) is 0. The van der Waals surface area contributed by atoms with Gasteiger partial charge in [0.05, 0.1) is 0 Å². The van der Waals surface area contributed by atoms with Gasteiger partial charge >= 0.3 is 67.0 Å². The van der Waals surface area contributed by atoms with Crippen molar-refractivity contribution in [2.45, 2.75) is 0 Å². The molecule has 41 valence electrons. The summed E-state index contributed by atoms with van der Waals surface area (Å²) >= 11 is 0. The largest absolute Gasteiger partial charge is 0 e. The van der Waals surface area contributed by atoms with Gasteiger partial charge in [-0.05, 0) is 0 Å². The van der Waals surface area contributed by atoms with E-state index in [9.17, 15) is 4.20 Å². The summed E-state index contributed by atoms with van der Waals surface area (Å²) in [5.41, 5.74) is 0. The van der Waals surface area contributed by atoms with Crippen LogP contribution < -0.4 is 0 Å². The van der Waals surface area contributed by atoms with Gasteiger partial charge in [-0.15, -0.1) is 4.20 Å². The molecule has 0 aromatic rings. The van der Waals surface area contributed by atoms with Crippen molar-refractivity contribution in [1.82, 2.24) is 0 Å². The van der Waals surface area contributed by atoms with E-state index in [1.54, 1.807) is 0 Å². The second-order valence-corrected chi connectivity index (χ2v) is 1.42. The van der Waals surface area contributed by atoms with Gasteiger partial charge in [0.1, 0.15) is 0 Å². The van der Waals surface area contributed by atoms with E-state index in [1.165, 1.54) is 0 Å². The van der Waals surface area contributed by atoms with E-state index in [1.807, 2.05) is 0 Å². The molecular formula is H4FNa2O3PV. The van der Waals surface area contributed by atoms with E-state index >= 15 is 0 Å². The number of rotatable bonds is 0. The average Bonchev–Trinajstić information content (AvgIpc) is 0.722. The molecule has 0 aliphatic heterocycles. The van der Waals surface area contributed by atoms with E-state index in [4.69, 9.17) is 14.4 Å². The van der Waals surface area contributed by atoms with Crippen molar-refractivity contribution in [3.05, 3.63) is 0 Å². The topological polar surface area (TPSA) is 57.5 Å². The molecule has 3 nitrogen and oxygen atoms in total. The SMILES string of the molecule is O=P(O)(O)F.[NaH].[NaH].[V]. The summed E-state index contributed by atoms with van der Waals surface area (Å²) in [5, 5.41) is 0. The predicted molar refractivity (Wildman–Crippen MR) is 27.5 cm³/mol. The van der Waals surface area contributed by atoms with Gasteiger partial charge in [0.25, 0.3) is 0 Å². The van der Waals surface area contributed by atoms with Crippen LogP contribution in [0.5, 0.6) is 0 Å². The molecule has 0 saturated heterocycles. The Balaban J connectivity index is -0.0000000267. The molecule has 1 radical (unpaired) electrons. The van der Waals surface area contributed by atoms with Gasteiger partial charge < -0.3 is 0 Å². The van der Waals surface area contributed by atoms with Crippen LogP contribution in [-0.2, 0) is 23.1 Å². The van der Waals surface area contributed by atoms with E-state index in [0.29, 0.717) is 0 Å². The Hall–Kier alpha value is 2.66. The minimum Gasteiger partial charge on any atom is 0 e. The summed E-state index contributed by atoms with van der Waals surface area (Å²) in [6, 6.07) is 0.